The highest BCUT2D eigenvalue weighted by Gasteiger charge is 2.37. The van der Waals surface area contributed by atoms with Gasteiger partial charge in [-0.25, -0.2) is 0 Å². The molecule has 2 saturated carbocycles. The average Bonchev–Trinajstić information content (AvgIpc) is 3.01. The molecule has 0 aromatic heterocycles. The molecule has 2 rings (SSSR count). The van der Waals surface area contributed by atoms with E-state index < -0.39 is 0 Å². The van der Waals surface area contributed by atoms with Crippen molar-refractivity contribution >= 4 is 0 Å². The Bertz CT molecular complexity index is 338. The second-order valence-corrected chi connectivity index (χ2v) is 7.75. The first-order valence-electron chi connectivity index (χ1n) is 9.31. The molecule has 0 aromatic rings. The number of nitrogens with zero attached hydrogens (tertiary/aromatic N) is 2. The number of hydrogen-bond donors (Lipinski definition) is 0. The van der Waals surface area contributed by atoms with Crippen molar-refractivity contribution in [2.24, 2.45) is 17.8 Å². The molecule has 0 radical (unpaired) electrons. The van der Waals surface area contributed by atoms with E-state index in [0.717, 1.165) is 24.3 Å². The van der Waals surface area contributed by atoms with Crippen LogP contribution in [0.3, 0.4) is 0 Å². The van der Waals surface area contributed by atoms with Crippen molar-refractivity contribution in [1.29, 1.82) is 5.26 Å². The molecule has 120 valence electrons. The number of rotatable bonds is 6. The highest BCUT2D eigenvalue weighted by atomic mass is 15.2. The van der Waals surface area contributed by atoms with Crippen LogP contribution in [0.15, 0.2) is 0 Å². The van der Waals surface area contributed by atoms with Crippen LogP contribution in [0.2, 0.25) is 0 Å². The first kappa shape index (κ1) is 16.8. The van der Waals surface area contributed by atoms with Crippen LogP contribution in [0.5, 0.6) is 0 Å². The van der Waals surface area contributed by atoms with Crippen LogP contribution in [0.25, 0.3) is 0 Å². The van der Waals surface area contributed by atoms with Crippen molar-refractivity contribution in [3.05, 3.63) is 0 Å². The molecule has 3 atom stereocenters. The fourth-order valence-electron chi connectivity index (χ4n) is 4.38. The van der Waals surface area contributed by atoms with E-state index in [9.17, 15) is 5.26 Å². The van der Waals surface area contributed by atoms with E-state index in [1.54, 1.807) is 0 Å². The maximum Gasteiger partial charge on any atom is 0.0672 e. The summed E-state index contributed by atoms with van der Waals surface area (Å²) in [6, 6.07) is 3.95. The van der Waals surface area contributed by atoms with Crippen molar-refractivity contribution in [2.45, 2.75) is 90.6 Å². The summed E-state index contributed by atoms with van der Waals surface area (Å²) in [4.78, 5) is 2.78. The summed E-state index contributed by atoms with van der Waals surface area (Å²) in [6.07, 6.45) is 11.8. The Morgan fingerprint density at radius 2 is 1.86 bits per heavy atom. The van der Waals surface area contributed by atoms with Crippen LogP contribution < -0.4 is 0 Å². The van der Waals surface area contributed by atoms with E-state index in [1.165, 1.54) is 57.9 Å². The first-order valence-corrected chi connectivity index (χ1v) is 9.31. The maximum atomic E-state index is 9.61. The molecule has 0 amide bonds. The quantitative estimate of drug-likeness (QED) is 0.688. The zero-order chi connectivity index (χ0) is 15.2. The van der Waals surface area contributed by atoms with Gasteiger partial charge in [-0.2, -0.15) is 5.26 Å². The number of nitriles is 1. The molecule has 0 bridgehead atoms. The predicted molar refractivity (Wildman–Crippen MR) is 88.9 cm³/mol. The van der Waals surface area contributed by atoms with Gasteiger partial charge >= 0.3 is 0 Å². The lowest BCUT2D eigenvalue weighted by atomic mass is 9.76. The summed E-state index contributed by atoms with van der Waals surface area (Å²) in [5.74, 6) is 1.89. The molecule has 0 N–H and O–H groups in total. The monoisotopic (exact) mass is 290 g/mol. The van der Waals surface area contributed by atoms with E-state index in [2.05, 4.69) is 31.7 Å². The Hall–Kier alpha value is -0.550. The second kappa shape index (κ2) is 8.18. The molecule has 21 heavy (non-hydrogen) atoms. The molecule has 0 saturated heterocycles. The van der Waals surface area contributed by atoms with E-state index >= 15 is 0 Å². The largest absolute Gasteiger partial charge is 0.296 e. The van der Waals surface area contributed by atoms with Crippen LogP contribution in [0, 0.1) is 29.1 Å². The van der Waals surface area contributed by atoms with Crippen LogP contribution in [0.1, 0.15) is 78.6 Å². The molecular weight excluding hydrogens is 256 g/mol. The van der Waals surface area contributed by atoms with Gasteiger partial charge in [-0.05, 0) is 56.9 Å². The number of hydrogen-bond acceptors (Lipinski definition) is 2. The molecule has 2 aliphatic carbocycles. The average molecular weight is 290 g/mol. The summed E-state index contributed by atoms with van der Waals surface area (Å²) in [6.45, 7) is 8.18. The molecule has 2 heteroatoms. The predicted octanol–water partition coefficient (Wildman–Crippen LogP) is 5.00. The van der Waals surface area contributed by atoms with Gasteiger partial charge in [0.15, 0.2) is 0 Å². The van der Waals surface area contributed by atoms with E-state index in [1.807, 2.05) is 0 Å². The van der Waals surface area contributed by atoms with E-state index in [4.69, 9.17) is 0 Å². The van der Waals surface area contributed by atoms with Gasteiger partial charge in [0.2, 0.25) is 0 Å². The normalized spacial score (nSPS) is 31.0. The summed E-state index contributed by atoms with van der Waals surface area (Å²) < 4.78 is 0. The molecule has 0 heterocycles. The second-order valence-electron chi connectivity index (χ2n) is 7.75. The Balaban J connectivity index is 2.09. The lowest BCUT2D eigenvalue weighted by Crippen LogP contribution is -2.49. The topological polar surface area (TPSA) is 27.0 Å². The molecule has 2 aliphatic rings. The summed E-state index contributed by atoms with van der Waals surface area (Å²) in [7, 11) is 0. The van der Waals surface area contributed by atoms with Gasteiger partial charge in [-0.1, -0.05) is 40.0 Å². The van der Waals surface area contributed by atoms with Crippen molar-refractivity contribution in [1.82, 2.24) is 4.90 Å². The molecule has 0 aromatic carbocycles. The van der Waals surface area contributed by atoms with Crippen molar-refractivity contribution in [2.75, 3.05) is 6.54 Å². The Kier molecular flexibility index (Phi) is 6.55. The van der Waals surface area contributed by atoms with Crippen LogP contribution in [-0.2, 0) is 0 Å². The third-order valence-corrected chi connectivity index (χ3v) is 5.85. The van der Waals surface area contributed by atoms with Crippen LogP contribution in [0.4, 0.5) is 0 Å². The Morgan fingerprint density at radius 1 is 1.14 bits per heavy atom. The van der Waals surface area contributed by atoms with Gasteiger partial charge in [0.25, 0.3) is 0 Å². The van der Waals surface area contributed by atoms with E-state index in [-0.39, 0.29) is 5.92 Å². The third kappa shape index (κ3) is 4.46. The molecule has 3 unspecified atom stereocenters. The SMILES string of the molecule is CCC1CCC(C#N)C(N(CCC(C)C)C2CCCC2)C1. The smallest absolute Gasteiger partial charge is 0.0672 e. The zero-order valence-electron chi connectivity index (χ0n) is 14.4. The molecular formula is C19H34N2. The van der Waals surface area contributed by atoms with E-state index in [0.29, 0.717) is 6.04 Å². The summed E-state index contributed by atoms with van der Waals surface area (Å²) in [5, 5.41) is 9.61. The van der Waals surface area contributed by atoms with Gasteiger partial charge in [0, 0.05) is 12.1 Å². The summed E-state index contributed by atoms with van der Waals surface area (Å²) in [5.41, 5.74) is 0. The first-order chi connectivity index (χ1) is 10.2. The minimum atomic E-state index is 0.278. The lowest BCUT2D eigenvalue weighted by Gasteiger charge is -2.43. The van der Waals surface area contributed by atoms with Crippen LogP contribution in [-0.4, -0.2) is 23.5 Å². The minimum absolute atomic E-state index is 0.278. The molecule has 0 spiro atoms. The highest BCUT2D eigenvalue weighted by molar-refractivity contribution is 4.99. The van der Waals surface area contributed by atoms with Gasteiger partial charge in [-0.15, -0.1) is 0 Å². The fraction of sp³-hybridized carbons (Fsp3) is 0.947. The highest BCUT2D eigenvalue weighted by Crippen LogP contribution is 2.37. The fourth-order valence-corrected chi connectivity index (χ4v) is 4.38. The van der Waals surface area contributed by atoms with Gasteiger partial charge in [-0.3, -0.25) is 4.90 Å². The van der Waals surface area contributed by atoms with Gasteiger partial charge in [0.05, 0.1) is 12.0 Å². The summed E-state index contributed by atoms with van der Waals surface area (Å²) >= 11 is 0. The third-order valence-electron chi connectivity index (χ3n) is 5.85. The Labute approximate surface area is 131 Å². The van der Waals surface area contributed by atoms with Crippen LogP contribution >= 0.6 is 0 Å². The molecule has 2 fully saturated rings. The van der Waals surface area contributed by atoms with Gasteiger partial charge < -0.3 is 0 Å². The lowest BCUT2D eigenvalue weighted by molar-refractivity contribution is 0.0585. The standard InChI is InChI=1S/C19H34N2/c1-4-16-9-10-17(14-20)19(13-16)21(12-11-15(2)3)18-7-5-6-8-18/h15-19H,4-13H2,1-3H3. The minimum Gasteiger partial charge on any atom is -0.296 e. The zero-order valence-corrected chi connectivity index (χ0v) is 14.4. The Morgan fingerprint density at radius 3 is 2.43 bits per heavy atom. The van der Waals surface area contributed by atoms with Gasteiger partial charge in [0.1, 0.15) is 0 Å². The van der Waals surface area contributed by atoms with Crippen molar-refractivity contribution in [3.63, 3.8) is 0 Å². The van der Waals surface area contributed by atoms with Crippen molar-refractivity contribution in [3.8, 4) is 6.07 Å². The molecule has 2 nitrogen and oxygen atoms in total. The molecule has 0 aliphatic heterocycles. The maximum absolute atomic E-state index is 9.61. The van der Waals surface area contributed by atoms with Crippen molar-refractivity contribution < 1.29 is 0 Å².